The first kappa shape index (κ1) is 15.2. The van der Waals surface area contributed by atoms with Gasteiger partial charge in [-0.05, 0) is 36.4 Å². The Morgan fingerprint density at radius 3 is 1.48 bits per heavy atom. The Bertz CT molecular complexity index is 878. The molecule has 25 heavy (non-hydrogen) atoms. The van der Waals surface area contributed by atoms with Crippen LogP contribution >= 0.6 is 0 Å². The van der Waals surface area contributed by atoms with Crippen LogP contribution in [0.25, 0.3) is 11.3 Å². The van der Waals surface area contributed by atoms with E-state index in [0.29, 0.717) is 0 Å². The van der Waals surface area contributed by atoms with E-state index >= 15 is 0 Å². The van der Waals surface area contributed by atoms with Gasteiger partial charge < -0.3 is 4.90 Å². The zero-order chi connectivity index (χ0) is 16.9. The minimum absolute atomic E-state index is 0.977. The molecular weight excluding hydrogens is 304 g/mol. The Balaban J connectivity index is 1.75. The maximum Gasteiger partial charge on any atom is 0.0703 e. The lowest BCUT2D eigenvalue weighted by Gasteiger charge is -2.25. The molecule has 0 spiro atoms. The predicted octanol–water partition coefficient (Wildman–Crippen LogP) is 6.22. The molecule has 0 unspecified atom stereocenters. The van der Waals surface area contributed by atoms with Gasteiger partial charge in [0.1, 0.15) is 0 Å². The smallest absolute Gasteiger partial charge is 0.0703 e. The van der Waals surface area contributed by atoms with E-state index in [4.69, 9.17) is 0 Å². The van der Waals surface area contributed by atoms with Crippen LogP contribution in [0.5, 0.6) is 0 Å². The molecule has 0 aliphatic heterocycles. The number of benzene rings is 3. The maximum atomic E-state index is 4.68. The molecule has 0 saturated carbocycles. The number of aromatic nitrogens is 1. The highest BCUT2D eigenvalue weighted by Gasteiger charge is 2.12. The van der Waals surface area contributed by atoms with Crippen molar-refractivity contribution in [3.63, 3.8) is 0 Å². The van der Waals surface area contributed by atoms with Crippen molar-refractivity contribution < 1.29 is 0 Å². The Kier molecular flexibility index (Phi) is 4.25. The predicted molar refractivity (Wildman–Crippen MR) is 104 cm³/mol. The molecule has 3 aromatic carbocycles. The fourth-order valence-electron chi connectivity index (χ4n) is 2.90. The van der Waals surface area contributed by atoms with E-state index < -0.39 is 0 Å². The van der Waals surface area contributed by atoms with Gasteiger partial charge in [-0.25, -0.2) is 0 Å². The minimum Gasteiger partial charge on any atom is -0.309 e. The standard InChI is InChI=1S/C23H18N2/c1-4-10-19(11-5-1)23-17-16-22(18-24-23)25(20-12-6-2-7-13-20)21-14-8-3-9-15-21/h1-18H. The lowest BCUT2D eigenvalue weighted by atomic mass is 10.1. The number of para-hydroxylation sites is 2. The summed E-state index contributed by atoms with van der Waals surface area (Å²) < 4.78 is 0. The number of rotatable bonds is 4. The Morgan fingerprint density at radius 2 is 1.00 bits per heavy atom. The van der Waals surface area contributed by atoms with Crippen LogP contribution in [-0.4, -0.2) is 4.98 Å². The van der Waals surface area contributed by atoms with Gasteiger partial charge in [0.05, 0.1) is 17.6 Å². The normalized spacial score (nSPS) is 10.4. The van der Waals surface area contributed by atoms with Crippen LogP contribution in [0.1, 0.15) is 0 Å². The summed E-state index contributed by atoms with van der Waals surface area (Å²) >= 11 is 0. The van der Waals surface area contributed by atoms with Gasteiger partial charge in [0.2, 0.25) is 0 Å². The van der Waals surface area contributed by atoms with Gasteiger partial charge in [-0.1, -0.05) is 66.7 Å². The third-order valence-corrected chi connectivity index (χ3v) is 4.10. The number of pyridine rings is 1. The van der Waals surface area contributed by atoms with Gasteiger partial charge in [-0.15, -0.1) is 0 Å². The van der Waals surface area contributed by atoms with Crippen molar-refractivity contribution in [3.8, 4) is 11.3 Å². The molecule has 0 bridgehead atoms. The molecule has 0 aliphatic rings. The highest BCUT2D eigenvalue weighted by Crippen LogP contribution is 2.34. The molecule has 0 aliphatic carbocycles. The van der Waals surface area contributed by atoms with E-state index in [1.807, 2.05) is 36.5 Å². The van der Waals surface area contributed by atoms with Crippen LogP contribution in [0, 0.1) is 0 Å². The molecule has 0 N–H and O–H groups in total. The molecule has 2 nitrogen and oxygen atoms in total. The summed E-state index contributed by atoms with van der Waals surface area (Å²) in [5, 5.41) is 0. The summed E-state index contributed by atoms with van der Waals surface area (Å²) in [5.41, 5.74) is 5.37. The molecule has 4 rings (SSSR count). The van der Waals surface area contributed by atoms with Crippen LogP contribution in [-0.2, 0) is 0 Å². The first-order valence-corrected chi connectivity index (χ1v) is 8.33. The van der Waals surface area contributed by atoms with Crippen LogP contribution in [0.4, 0.5) is 17.1 Å². The molecule has 1 heterocycles. The quantitative estimate of drug-likeness (QED) is 0.443. The first-order chi connectivity index (χ1) is 12.4. The monoisotopic (exact) mass is 322 g/mol. The van der Waals surface area contributed by atoms with E-state index in [2.05, 4.69) is 82.7 Å². The molecule has 0 amide bonds. The Labute approximate surface area is 148 Å². The fourth-order valence-corrected chi connectivity index (χ4v) is 2.90. The fraction of sp³-hybridized carbons (Fsp3) is 0. The topological polar surface area (TPSA) is 16.1 Å². The van der Waals surface area contributed by atoms with Crippen molar-refractivity contribution in [2.75, 3.05) is 4.90 Å². The largest absolute Gasteiger partial charge is 0.309 e. The SMILES string of the molecule is c1ccc(-c2ccc(N(c3ccccc3)c3ccccc3)cn2)cc1. The number of anilines is 3. The average molecular weight is 322 g/mol. The summed E-state index contributed by atoms with van der Waals surface area (Å²) in [6, 6.07) is 35.1. The molecule has 0 radical (unpaired) electrons. The van der Waals surface area contributed by atoms with Gasteiger partial charge in [0, 0.05) is 16.9 Å². The van der Waals surface area contributed by atoms with Crippen molar-refractivity contribution in [3.05, 3.63) is 109 Å². The van der Waals surface area contributed by atoms with Gasteiger partial charge in [0.15, 0.2) is 0 Å². The van der Waals surface area contributed by atoms with Crippen molar-refractivity contribution in [2.45, 2.75) is 0 Å². The maximum absolute atomic E-state index is 4.68. The third kappa shape index (κ3) is 3.29. The second-order valence-electron chi connectivity index (χ2n) is 5.77. The second-order valence-corrected chi connectivity index (χ2v) is 5.77. The van der Waals surface area contributed by atoms with Gasteiger partial charge in [-0.2, -0.15) is 0 Å². The second kappa shape index (κ2) is 7.02. The number of hydrogen-bond acceptors (Lipinski definition) is 2. The molecule has 4 aromatic rings. The first-order valence-electron chi connectivity index (χ1n) is 8.33. The number of nitrogens with zero attached hydrogens (tertiary/aromatic N) is 2. The van der Waals surface area contributed by atoms with E-state index in [0.717, 1.165) is 28.3 Å². The van der Waals surface area contributed by atoms with E-state index in [1.165, 1.54) is 0 Å². The molecule has 0 saturated heterocycles. The van der Waals surface area contributed by atoms with Gasteiger partial charge in [-0.3, -0.25) is 4.98 Å². The Morgan fingerprint density at radius 1 is 0.480 bits per heavy atom. The van der Waals surface area contributed by atoms with E-state index in [1.54, 1.807) is 0 Å². The zero-order valence-corrected chi connectivity index (χ0v) is 13.8. The summed E-state index contributed by atoms with van der Waals surface area (Å²) in [4.78, 5) is 6.89. The lowest BCUT2D eigenvalue weighted by molar-refractivity contribution is 1.23. The minimum atomic E-state index is 0.977. The molecule has 1 aromatic heterocycles. The molecule has 0 atom stereocenters. The van der Waals surface area contributed by atoms with Crippen LogP contribution < -0.4 is 4.90 Å². The van der Waals surface area contributed by atoms with Crippen molar-refractivity contribution >= 4 is 17.1 Å². The highest BCUT2D eigenvalue weighted by atomic mass is 15.1. The lowest BCUT2D eigenvalue weighted by Crippen LogP contribution is -2.09. The van der Waals surface area contributed by atoms with E-state index in [9.17, 15) is 0 Å². The molecular formula is C23H18N2. The zero-order valence-electron chi connectivity index (χ0n) is 13.8. The summed E-state index contributed by atoms with van der Waals surface area (Å²) in [7, 11) is 0. The van der Waals surface area contributed by atoms with Gasteiger partial charge >= 0.3 is 0 Å². The van der Waals surface area contributed by atoms with Crippen molar-refractivity contribution in [2.24, 2.45) is 0 Å². The van der Waals surface area contributed by atoms with Gasteiger partial charge in [0.25, 0.3) is 0 Å². The molecule has 0 fully saturated rings. The van der Waals surface area contributed by atoms with E-state index in [-0.39, 0.29) is 0 Å². The van der Waals surface area contributed by atoms with Crippen LogP contribution in [0.15, 0.2) is 109 Å². The van der Waals surface area contributed by atoms with Crippen LogP contribution in [0.2, 0.25) is 0 Å². The average Bonchev–Trinajstić information content (AvgIpc) is 2.71. The molecule has 120 valence electrons. The third-order valence-electron chi connectivity index (χ3n) is 4.10. The number of hydrogen-bond donors (Lipinski definition) is 0. The highest BCUT2D eigenvalue weighted by molar-refractivity contribution is 5.76. The summed E-state index contributed by atoms with van der Waals surface area (Å²) in [6.07, 6.45) is 1.93. The summed E-state index contributed by atoms with van der Waals surface area (Å²) in [6.45, 7) is 0. The van der Waals surface area contributed by atoms with Crippen LogP contribution in [0.3, 0.4) is 0 Å². The van der Waals surface area contributed by atoms with Crippen molar-refractivity contribution in [1.82, 2.24) is 4.98 Å². The molecule has 2 heteroatoms. The van der Waals surface area contributed by atoms with Crippen molar-refractivity contribution in [1.29, 1.82) is 0 Å². The summed E-state index contributed by atoms with van der Waals surface area (Å²) in [5.74, 6) is 0. The Hall–Kier alpha value is -3.39.